The monoisotopic (exact) mass is 780 g/mol. The summed E-state index contributed by atoms with van der Waals surface area (Å²) in [5, 5.41) is 21.2. The number of likely N-dealkylation sites (tertiary alicyclic amines) is 1. The van der Waals surface area contributed by atoms with E-state index in [2.05, 4.69) is 30.7 Å². The Morgan fingerprint density at radius 3 is 2.50 bits per heavy atom. The third-order valence-corrected chi connectivity index (χ3v) is 10.7. The summed E-state index contributed by atoms with van der Waals surface area (Å²) in [6, 6.07) is 16.4. The molecule has 294 valence electrons. The van der Waals surface area contributed by atoms with E-state index in [1.54, 1.807) is 29.3 Å². The van der Waals surface area contributed by atoms with Gasteiger partial charge in [-0.2, -0.15) is 5.10 Å². The molecule has 2 aromatic carbocycles. The number of carbonyl (C=O) groups is 3. The maximum Gasteiger partial charge on any atom is 0.243 e. The molecule has 3 N–H and O–H groups in total. The number of Topliss-reactive ketones (excluding diaryl/α,β-unsaturated/α-hetero) is 1. The zero-order chi connectivity index (χ0) is 39.8. The van der Waals surface area contributed by atoms with Gasteiger partial charge in [0.1, 0.15) is 30.5 Å². The molecule has 1 aliphatic heterocycles. The van der Waals surface area contributed by atoms with Crippen molar-refractivity contribution < 1.29 is 29.0 Å². The molecule has 0 aliphatic carbocycles. The van der Waals surface area contributed by atoms with Crippen molar-refractivity contribution in [1.29, 1.82) is 0 Å². The maximum absolute atomic E-state index is 14.0. The van der Waals surface area contributed by atoms with Crippen molar-refractivity contribution in [3.63, 3.8) is 0 Å². The highest BCUT2D eigenvalue weighted by Crippen LogP contribution is 2.34. The molecule has 1 aliphatic rings. The molecule has 0 radical (unpaired) electrons. The van der Waals surface area contributed by atoms with Gasteiger partial charge in [-0.15, -0.1) is 11.3 Å². The Bertz CT molecular complexity index is 2110. The van der Waals surface area contributed by atoms with Crippen LogP contribution in [0.2, 0.25) is 0 Å². The molecule has 4 heterocycles. The number of β-amino-alcohol motifs (C(OH)–C–C–N with tert-alkyl or cyclic N) is 1. The van der Waals surface area contributed by atoms with Crippen LogP contribution >= 0.6 is 11.3 Å². The number of carbonyl (C=O) groups excluding carboxylic acids is 3. The van der Waals surface area contributed by atoms with Crippen molar-refractivity contribution in [2.24, 2.45) is 11.3 Å². The molecule has 1 fully saturated rings. The van der Waals surface area contributed by atoms with Crippen molar-refractivity contribution in [2.45, 2.75) is 65.8 Å². The van der Waals surface area contributed by atoms with Crippen molar-refractivity contribution in [1.82, 2.24) is 34.9 Å². The van der Waals surface area contributed by atoms with Crippen LogP contribution in [-0.2, 0) is 32.2 Å². The molecule has 0 saturated carbocycles. The first-order chi connectivity index (χ1) is 26.9. The van der Waals surface area contributed by atoms with Crippen LogP contribution in [0, 0.1) is 18.3 Å². The number of aryl methyl sites for hydroxylation is 1. The molecular weight excluding hydrogens is 733 g/mol. The van der Waals surface area contributed by atoms with Gasteiger partial charge in [-0.05, 0) is 47.7 Å². The van der Waals surface area contributed by atoms with Gasteiger partial charge < -0.3 is 30.1 Å². The number of rotatable bonds is 16. The second kappa shape index (κ2) is 18.0. The van der Waals surface area contributed by atoms with Gasteiger partial charge >= 0.3 is 0 Å². The quantitative estimate of drug-likeness (QED) is 0.109. The lowest BCUT2D eigenvalue weighted by Gasteiger charge is -2.34. The molecule has 6 rings (SSSR count). The van der Waals surface area contributed by atoms with Crippen LogP contribution in [0.5, 0.6) is 5.75 Å². The highest BCUT2D eigenvalue weighted by Gasteiger charge is 2.44. The third kappa shape index (κ3) is 10.2. The van der Waals surface area contributed by atoms with Crippen molar-refractivity contribution >= 4 is 40.4 Å². The molecule has 15 heteroatoms. The summed E-state index contributed by atoms with van der Waals surface area (Å²) in [6.07, 6.45) is 4.26. The fraction of sp³-hybridized carbons (Fsp3) is 0.390. The van der Waals surface area contributed by atoms with Crippen LogP contribution in [0.15, 0.2) is 78.8 Å². The minimum absolute atomic E-state index is 0.0262. The van der Waals surface area contributed by atoms with Gasteiger partial charge in [-0.3, -0.25) is 19.1 Å². The maximum atomic E-state index is 14.0. The molecule has 5 aromatic rings. The SMILES string of the molecule is COc1ccc(Nc2cc(-c3cnn(CCOCC(=O)C[C@H](C(=O)N4C[C@H](O)C[C@H]4C(=O)NCc4ccc(-c5scnc5C)cc4)C(C)(C)C)c3)ncn2)cc1. The minimum Gasteiger partial charge on any atom is -0.497 e. The number of thiazole rings is 1. The molecule has 2 amide bonds. The molecule has 0 spiro atoms. The number of aliphatic hydroxyl groups excluding tert-OH is 1. The van der Waals surface area contributed by atoms with E-state index >= 15 is 0 Å². The van der Waals surface area contributed by atoms with E-state index in [0.717, 1.165) is 38.7 Å². The summed E-state index contributed by atoms with van der Waals surface area (Å²) in [5.74, 6) is -0.226. The third-order valence-electron chi connectivity index (χ3n) is 9.75. The molecule has 14 nitrogen and oxygen atoms in total. The van der Waals surface area contributed by atoms with E-state index in [4.69, 9.17) is 9.47 Å². The summed E-state index contributed by atoms with van der Waals surface area (Å²) in [6.45, 7) is 8.41. The molecular formula is C41H48N8O6S. The van der Waals surface area contributed by atoms with Crippen LogP contribution < -0.4 is 15.4 Å². The van der Waals surface area contributed by atoms with Gasteiger partial charge in [0.25, 0.3) is 0 Å². The van der Waals surface area contributed by atoms with E-state index in [1.165, 1.54) is 11.2 Å². The number of ketones is 1. The molecule has 1 saturated heterocycles. The number of nitrogens with one attached hydrogen (secondary N) is 2. The Morgan fingerprint density at radius 1 is 1.04 bits per heavy atom. The van der Waals surface area contributed by atoms with Crippen LogP contribution in [0.3, 0.4) is 0 Å². The Kier molecular flexibility index (Phi) is 12.9. The summed E-state index contributed by atoms with van der Waals surface area (Å²) < 4.78 is 12.7. The van der Waals surface area contributed by atoms with Gasteiger partial charge in [0.05, 0.1) is 54.3 Å². The Labute approximate surface area is 330 Å². The van der Waals surface area contributed by atoms with E-state index in [1.807, 2.05) is 94.0 Å². The number of aromatic nitrogens is 5. The van der Waals surface area contributed by atoms with Gasteiger partial charge in [0.15, 0.2) is 5.78 Å². The van der Waals surface area contributed by atoms with Crippen LogP contribution in [0.4, 0.5) is 11.5 Å². The van der Waals surface area contributed by atoms with E-state index in [-0.39, 0.29) is 56.7 Å². The standard InChI is InChI=1S/C41H48N8O6S/c1-26-38(56-25-45-26)28-8-6-27(7-9-28)19-42-39(52)36-17-31(50)22-49(36)40(53)34(41(2,3)4)16-32(51)23-55-15-14-48-21-29(20-46-48)35-18-37(44-24-43-35)47-30-10-12-33(54-5)13-11-30/h6-13,18,20-21,24-25,31,34,36,50H,14-17,19,22-23H2,1-5H3,(H,42,52)(H,43,44,47)/t31-,34-,36+/m1/s1. The van der Waals surface area contributed by atoms with Crippen molar-refractivity contribution in [2.75, 3.05) is 32.2 Å². The normalized spacial score (nSPS) is 16.1. The number of nitrogens with zero attached hydrogens (tertiary/aromatic N) is 6. The van der Waals surface area contributed by atoms with Gasteiger partial charge in [0, 0.05) is 55.4 Å². The topological polar surface area (TPSA) is 174 Å². The van der Waals surface area contributed by atoms with Crippen molar-refractivity contribution in [3.05, 3.63) is 90.1 Å². The highest BCUT2D eigenvalue weighted by atomic mass is 32.1. The lowest BCUT2D eigenvalue weighted by Crippen LogP contribution is -2.50. The number of hydrogen-bond acceptors (Lipinski definition) is 12. The summed E-state index contributed by atoms with van der Waals surface area (Å²) in [5.41, 5.74) is 6.51. The highest BCUT2D eigenvalue weighted by molar-refractivity contribution is 7.13. The van der Waals surface area contributed by atoms with Gasteiger partial charge in [0.2, 0.25) is 11.8 Å². The van der Waals surface area contributed by atoms with Gasteiger partial charge in [-0.25, -0.2) is 15.0 Å². The van der Waals surface area contributed by atoms with E-state index in [0.29, 0.717) is 18.1 Å². The first-order valence-corrected chi connectivity index (χ1v) is 19.4. The zero-order valence-electron chi connectivity index (χ0n) is 32.3. The number of anilines is 2. The number of hydrogen-bond donors (Lipinski definition) is 3. The molecule has 3 atom stereocenters. The average molecular weight is 781 g/mol. The Morgan fingerprint density at radius 2 is 1.80 bits per heavy atom. The van der Waals surface area contributed by atoms with Crippen molar-refractivity contribution in [3.8, 4) is 27.4 Å². The average Bonchev–Trinajstić information content (AvgIpc) is 3.94. The lowest BCUT2D eigenvalue weighted by atomic mass is 9.77. The minimum atomic E-state index is -0.842. The van der Waals surface area contributed by atoms with Crippen LogP contribution in [0.25, 0.3) is 21.7 Å². The summed E-state index contributed by atoms with van der Waals surface area (Å²) in [4.78, 5) is 56.2. The number of ether oxygens (including phenoxy) is 2. The first-order valence-electron chi connectivity index (χ1n) is 18.5. The summed E-state index contributed by atoms with van der Waals surface area (Å²) in [7, 11) is 1.62. The molecule has 3 aromatic heterocycles. The lowest BCUT2D eigenvalue weighted by molar-refractivity contribution is -0.146. The fourth-order valence-electron chi connectivity index (χ4n) is 6.58. The van der Waals surface area contributed by atoms with Crippen LogP contribution in [0.1, 0.15) is 44.9 Å². The van der Waals surface area contributed by atoms with E-state index < -0.39 is 23.5 Å². The Hall–Kier alpha value is -5.51. The van der Waals surface area contributed by atoms with E-state index in [9.17, 15) is 19.5 Å². The predicted octanol–water partition coefficient (Wildman–Crippen LogP) is 5.44. The smallest absolute Gasteiger partial charge is 0.243 e. The second-order valence-electron chi connectivity index (χ2n) is 14.9. The largest absolute Gasteiger partial charge is 0.497 e. The first kappa shape index (κ1) is 40.2. The number of benzene rings is 2. The number of methoxy groups -OCH3 is 1. The fourth-order valence-corrected chi connectivity index (χ4v) is 7.40. The predicted molar refractivity (Wildman–Crippen MR) is 213 cm³/mol. The van der Waals surface area contributed by atoms with Gasteiger partial charge in [-0.1, -0.05) is 45.0 Å². The summed E-state index contributed by atoms with van der Waals surface area (Å²) >= 11 is 1.58. The number of aliphatic hydroxyl groups is 1. The zero-order valence-corrected chi connectivity index (χ0v) is 33.1. The number of amides is 2. The molecule has 56 heavy (non-hydrogen) atoms. The van der Waals surface area contributed by atoms with Crippen LogP contribution in [-0.4, -0.2) is 91.4 Å². The second-order valence-corrected chi connectivity index (χ2v) is 15.8. The Balaban J connectivity index is 0.981. The molecule has 0 unspecified atom stereocenters. The molecule has 0 bridgehead atoms.